The van der Waals surface area contributed by atoms with E-state index < -0.39 is 0 Å². The number of ether oxygens (including phenoxy) is 1. The Morgan fingerprint density at radius 3 is 1.92 bits per heavy atom. The maximum atomic E-state index is 13.2. The molecule has 3 heteroatoms. The van der Waals surface area contributed by atoms with Gasteiger partial charge in [0.1, 0.15) is 6.10 Å². The van der Waals surface area contributed by atoms with Crippen LogP contribution in [0.25, 0.3) is 0 Å². The lowest BCUT2D eigenvalue weighted by Crippen LogP contribution is -2.41. The first-order valence-electron chi connectivity index (χ1n) is 17.1. The highest BCUT2D eigenvalue weighted by Crippen LogP contribution is 2.54. The summed E-state index contributed by atoms with van der Waals surface area (Å²) in [5, 5.41) is 0. The fraction of sp³-hybridized carbons (Fsp3) is 0.914. The topological polar surface area (TPSA) is 29.5 Å². The molecule has 0 spiro atoms. The number of hydrogen-bond acceptors (Lipinski definition) is 3. The number of hydrogen-bond donors (Lipinski definition) is 0. The summed E-state index contributed by atoms with van der Waals surface area (Å²) in [7, 11) is 0. The van der Waals surface area contributed by atoms with Gasteiger partial charge in [0.25, 0.3) is 0 Å². The van der Waals surface area contributed by atoms with Crippen LogP contribution in [0.4, 0.5) is 0 Å². The van der Waals surface area contributed by atoms with E-state index in [4.69, 9.17) is 4.74 Å². The van der Waals surface area contributed by atoms with E-state index in [0.717, 1.165) is 26.1 Å². The maximum absolute atomic E-state index is 13.2. The monoisotopic (exact) mass is 529 g/mol. The lowest BCUT2D eigenvalue weighted by molar-refractivity contribution is -0.145. The van der Waals surface area contributed by atoms with E-state index in [0.29, 0.717) is 11.8 Å². The summed E-state index contributed by atoms with van der Waals surface area (Å²) in [6.07, 6.45) is 29.4. The van der Waals surface area contributed by atoms with Gasteiger partial charge >= 0.3 is 5.97 Å². The third-order valence-corrected chi connectivity index (χ3v) is 10.2. The van der Waals surface area contributed by atoms with Gasteiger partial charge in [0, 0.05) is 12.5 Å². The van der Waals surface area contributed by atoms with Crippen molar-refractivity contribution in [3.63, 3.8) is 0 Å². The van der Waals surface area contributed by atoms with E-state index in [1.165, 1.54) is 122 Å². The van der Waals surface area contributed by atoms with E-state index in [2.05, 4.69) is 38.7 Å². The molecule has 0 amide bonds. The molecule has 3 nitrogen and oxygen atoms in total. The van der Waals surface area contributed by atoms with Crippen LogP contribution in [0.3, 0.4) is 0 Å². The van der Waals surface area contributed by atoms with Crippen molar-refractivity contribution in [1.82, 2.24) is 4.90 Å². The molecule has 5 atom stereocenters. The van der Waals surface area contributed by atoms with Crippen LogP contribution in [0.2, 0.25) is 0 Å². The Kier molecular flexibility index (Phi) is 14.3. The molecule has 5 unspecified atom stereocenters. The fourth-order valence-electron chi connectivity index (χ4n) is 7.77. The highest BCUT2D eigenvalue weighted by atomic mass is 16.6. The van der Waals surface area contributed by atoms with E-state index >= 15 is 0 Å². The van der Waals surface area contributed by atoms with Crippen molar-refractivity contribution >= 4 is 5.97 Å². The Balaban J connectivity index is 1.52. The Bertz CT molecular complexity index is 682. The predicted octanol–water partition coefficient (Wildman–Crippen LogP) is 9.88. The van der Waals surface area contributed by atoms with Gasteiger partial charge in [0.2, 0.25) is 0 Å². The number of allylic oxidation sites excluding steroid dienone is 1. The third-order valence-electron chi connectivity index (χ3n) is 10.2. The van der Waals surface area contributed by atoms with Crippen LogP contribution in [0.5, 0.6) is 0 Å². The zero-order valence-corrected chi connectivity index (χ0v) is 25.9. The molecule has 3 rings (SSSR count). The van der Waals surface area contributed by atoms with Crippen molar-refractivity contribution in [1.29, 1.82) is 0 Å². The summed E-state index contributed by atoms with van der Waals surface area (Å²) >= 11 is 0. The van der Waals surface area contributed by atoms with Gasteiger partial charge < -0.3 is 9.64 Å². The van der Waals surface area contributed by atoms with Crippen LogP contribution in [0.15, 0.2) is 11.6 Å². The molecule has 2 fully saturated rings. The molecule has 1 saturated heterocycles. The highest BCUT2D eigenvalue weighted by Gasteiger charge is 2.51. The second-order valence-electron chi connectivity index (χ2n) is 13.6. The summed E-state index contributed by atoms with van der Waals surface area (Å²) in [5.41, 5.74) is 1.90. The zero-order valence-electron chi connectivity index (χ0n) is 25.9. The Morgan fingerprint density at radius 1 is 0.842 bits per heavy atom. The van der Waals surface area contributed by atoms with Crippen molar-refractivity contribution < 1.29 is 9.53 Å². The quantitative estimate of drug-likeness (QED) is 0.0892. The molecule has 0 bridgehead atoms. The van der Waals surface area contributed by atoms with Crippen molar-refractivity contribution in [2.75, 3.05) is 19.6 Å². The molecule has 3 aliphatic rings. The first kappa shape index (κ1) is 31.7. The van der Waals surface area contributed by atoms with Crippen LogP contribution in [0.1, 0.15) is 156 Å². The average Bonchev–Trinajstić information content (AvgIpc) is 3.18. The summed E-state index contributed by atoms with van der Waals surface area (Å²) in [5.74, 6) is 1.08. The second kappa shape index (κ2) is 17.1. The lowest BCUT2D eigenvalue weighted by Gasteiger charge is -2.46. The molecule has 1 heterocycles. The van der Waals surface area contributed by atoms with Gasteiger partial charge in [-0.05, 0) is 56.5 Å². The minimum atomic E-state index is 0.0364. The molecule has 2 aliphatic carbocycles. The first-order chi connectivity index (χ1) is 18.5. The molecular formula is C35H63NO2. The van der Waals surface area contributed by atoms with Crippen molar-refractivity contribution in [3.05, 3.63) is 11.6 Å². The molecule has 38 heavy (non-hydrogen) atoms. The summed E-state index contributed by atoms with van der Waals surface area (Å²) in [6.45, 7) is 12.6. The first-order valence-corrected chi connectivity index (χ1v) is 17.1. The minimum Gasteiger partial charge on any atom is -0.461 e. The predicted molar refractivity (Wildman–Crippen MR) is 162 cm³/mol. The van der Waals surface area contributed by atoms with Gasteiger partial charge in [-0.1, -0.05) is 136 Å². The molecular weight excluding hydrogens is 466 g/mol. The highest BCUT2D eigenvalue weighted by molar-refractivity contribution is 5.76. The molecule has 0 N–H and O–H groups in total. The van der Waals surface area contributed by atoms with Crippen LogP contribution in [-0.2, 0) is 9.53 Å². The standard InChI is InChI=1S/C35H63NO2/c1-5-7-9-11-13-15-17-19-24-36(25-20-18-16-14-12-10-8-6-2)28-31-30-26-32-29(3)22-21-23-35(32,4)27-33(30)38-34(31)37/h26,29-31,33H,5-25,27-28H2,1-4H3. The van der Waals surface area contributed by atoms with Gasteiger partial charge in [-0.25, -0.2) is 0 Å². The molecule has 0 aromatic carbocycles. The number of unbranched alkanes of at least 4 members (excludes halogenated alkanes) is 14. The molecule has 220 valence electrons. The molecule has 1 aliphatic heterocycles. The SMILES string of the molecule is CCCCCCCCCCN(CCCCCCCCCC)CC1C(=O)OC2CC3(C)CCCC(C)C3=CC21. The number of rotatable bonds is 20. The number of esters is 1. The maximum Gasteiger partial charge on any atom is 0.311 e. The smallest absolute Gasteiger partial charge is 0.311 e. The Morgan fingerprint density at radius 2 is 1.37 bits per heavy atom. The fourth-order valence-corrected chi connectivity index (χ4v) is 7.77. The van der Waals surface area contributed by atoms with Crippen molar-refractivity contribution in [3.8, 4) is 0 Å². The summed E-state index contributed by atoms with van der Waals surface area (Å²) in [4.78, 5) is 15.8. The summed E-state index contributed by atoms with van der Waals surface area (Å²) in [6, 6.07) is 0. The lowest BCUT2D eigenvalue weighted by atomic mass is 9.59. The van der Waals surface area contributed by atoms with Crippen LogP contribution >= 0.6 is 0 Å². The molecule has 1 saturated carbocycles. The minimum absolute atomic E-state index is 0.0364. The van der Waals surface area contributed by atoms with E-state index in [1.807, 2.05) is 0 Å². The van der Waals surface area contributed by atoms with Gasteiger partial charge in [-0.3, -0.25) is 4.79 Å². The van der Waals surface area contributed by atoms with Gasteiger partial charge in [0.05, 0.1) is 5.92 Å². The van der Waals surface area contributed by atoms with Crippen LogP contribution in [0, 0.1) is 23.2 Å². The number of nitrogens with zero attached hydrogens (tertiary/aromatic N) is 1. The Hall–Kier alpha value is -0.830. The zero-order chi connectivity index (χ0) is 27.2. The van der Waals surface area contributed by atoms with E-state index in [-0.39, 0.29) is 23.4 Å². The van der Waals surface area contributed by atoms with Gasteiger partial charge in [-0.15, -0.1) is 0 Å². The Labute approximate surface area is 236 Å². The van der Waals surface area contributed by atoms with E-state index in [1.54, 1.807) is 5.57 Å². The average molecular weight is 530 g/mol. The summed E-state index contributed by atoms with van der Waals surface area (Å²) < 4.78 is 6.10. The van der Waals surface area contributed by atoms with Crippen LogP contribution < -0.4 is 0 Å². The number of carbonyl (C=O) groups is 1. The number of carbonyl (C=O) groups excluding carboxylic acids is 1. The van der Waals surface area contributed by atoms with Crippen molar-refractivity contribution in [2.45, 2.75) is 162 Å². The van der Waals surface area contributed by atoms with Gasteiger partial charge in [0.15, 0.2) is 0 Å². The number of fused-ring (bicyclic) bond motifs is 2. The molecule has 0 aromatic rings. The normalized spacial score (nSPS) is 28.8. The third kappa shape index (κ3) is 9.67. The largest absolute Gasteiger partial charge is 0.461 e. The van der Waals surface area contributed by atoms with Crippen LogP contribution in [-0.4, -0.2) is 36.6 Å². The second-order valence-corrected chi connectivity index (χ2v) is 13.6. The molecule has 0 aromatic heterocycles. The van der Waals surface area contributed by atoms with E-state index in [9.17, 15) is 4.79 Å². The van der Waals surface area contributed by atoms with Gasteiger partial charge in [-0.2, -0.15) is 0 Å². The molecule has 0 radical (unpaired) electrons. The van der Waals surface area contributed by atoms with Crippen molar-refractivity contribution in [2.24, 2.45) is 23.2 Å².